The zero-order chi connectivity index (χ0) is 10.1. The SMILES string of the molecule is CC1=C2C=C([N+](=O)[O-])C=CC2OC=C1. The molecule has 1 heterocycles. The van der Waals surface area contributed by atoms with Crippen LogP contribution >= 0.6 is 0 Å². The number of rotatable bonds is 1. The van der Waals surface area contributed by atoms with E-state index in [1.807, 2.05) is 6.92 Å². The Morgan fingerprint density at radius 1 is 1.50 bits per heavy atom. The molecule has 0 spiro atoms. The minimum Gasteiger partial charge on any atom is -0.489 e. The summed E-state index contributed by atoms with van der Waals surface area (Å²) in [6, 6.07) is 0. The molecule has 1 aliphatic heterocycles. The molecule has 2 rings (SSSR count). The van der Waals surface area contributed by atoms with Crippen molar-refractivity contribution in [1.82, 2.24) is 0 Å². The summed E-state index contributed by atoms with van der Waals surface area (Å²) in [5, 5.41) is 10.5. The first-order valence-corrected chi connectivity index (χ1v) is 4.25. The number of fused-ring (bicyclic) bond motifs is 1. The highest BCUT2D eigenvalue weighted by atomic mass is 16.6. The van der Waals surface area contributed by atoms with Crippen molar-refractivity contribution in [3.8, 4) is 0 Å². The van der Waals surface area contributed by atoms with Gasteiger partial charge in [-0.25, -0.2) is 0 Å². The Balaban J connectivity index is 2.43. The second-order valence-corrected chi connectivity index (χ2v) is 3.18. The van der Waals surface area contributed by atoms with Crippen molar-refractivity contribution in [3.63, 3.8) is 0 Å². The second-order valence-electron chi connectivity index (χ2n) is 3.18. The molecule has 14 heavy (non-hydrogen) atoms. The van der Waals surface area contributed by atoms with E-state index >= 15 is 0 Å². The normalized spacial score (nSPS) is 24.1. The highest BCUT2D eigenvalue weighted by molar-refractivity contribution is 5.44. The minimum atomic E-state index is -0.397. The summed E-state index contributed by atoms with van der Waals surface area (Å²) in [7, 11) is 0. The van der Waals surface area contributed by atoms with E-state index in [4.69, 9.17) is 4.74 Å². The number of nitro groups is 1. The Kier molecular flexibility index (Phi) is 1.96. The van der Waals surface area contributed by atoms with Crippen LogP contribution in [0.3, 0.4) is 0 Å². The number of allylic oxidation sites excluding steroid dienone is 3. The van der Waals surface area contributed by atoms with E-state index in [1.165, 1.54) is 6.08 Å². The first kappa shape index (κ1) is 8.74. The average molecular weight is 191 g/mol. The largest absolute Gasteiger partial charge is 0.489 e. The smallest absolute Gasteiger partial charge is 0.269 e. The zero-order valence-electron chi connectivity index (χ0n) is 7.64. The lowest BCUT2D eigenvalue weighted by molar-refractivity contribution is -0.419. The van der Waals surface area contributed by atoms with E-state index in [0.29, 0.717) is 0 Å². The van der Waals surface area contributed by atoms with Gasteiger partial charge in [0.15, 0.2) is 0 Å². The molecule has 0 aromatic rings. The summed E-state index contributed by atoms with van der Waals surface area (Å²) < 4.78 is 5.29. The summed E-state index contributed by atoms with van der Waals surface area (Å²) in [5.41, 5.74) is 1.97. The van der Waals surface area contributed by atoms with Crippen LogP contribution in [-0.4, -0.2) is 11.0 Å². The van der Waals surface area contributed by atoms with Gasteiger partial charge >= 0.3 is 0 Å². The monoisotopic (exact) mass is 191 g/mol. The van der Waals surface area contributed by atoms with Crippen molar-refractivity contribution >= 4 is 0 Å². The maximum atomic E-state index is 10.5. The van der Waals surface area contributed by atoms with Crippen molar-refractivity contribution in [1.29, 1.82) is 0 Å². The molecule has 1 unspecified atom stereocenters. The maximum absolute atomic E-state index is 10.5. The Morgan fingerprint density at radius 3 is 3.00 bits per heavy atom. The first-order chi connectivity index (χ1) is 6.68. The third-order valence-electron chi connectivity index (χ3n) is 2.26. The molecule has 0 fully saturated rings. The molecule has 4 heteroatoms. The standard InChI is InChI=1S/C10H9NO3/c1-7-4-5-14-10-3-2-8(11(12)13)6-9(7)10/h2-6,10H,1H3. The van der Waals surface area contributed by atoms with Gasteiger partial charge in [0, 0.05) is 17.7 Å². The van der Waals surface area contributed by atoms with Gasteiger partial charge in [-0.15, -0.1) is 0 Å². The van der Waals surface area contributed by atoms with Crippen molar-refractivity contribution in [3.05, 3.63) is 57.5 Å². The molecule has 1 aliphatic carbocycles. The summed E-state index contributed by atoms with van der Waals surface area (Å²) in [6.45, 7) is 1.91. The van der Waals surface area contributed by atoms with Crippen molar-refractivity contribution in [2.75, 3.05) is 0 Å². The number of ether oxygens (including phenoxy) is 1. The maximum Gasteiger partial charge on any atom is 0.269 e. The fourth-order valence-corrected chi connectivity index (χ4v) is 1.47. The van der Waals surface area contributed by atoms with Crippen LogP contribution in [0.15, 0.2) is 47.4 Å². The van der Waals surface area contributed by atoms with E-state index in [-0.39, 0.29) is 11.8 Å². The molecular weight excluding hydrogens is 182 g/mol. The Hall–Kier alpha value is -1.84. The van der Waals surface area contributed by atoms with Gasteiger partial charge in [0.2, 0.25) is 0 Å². The summed E-state index contributed by atoms with van der Waals surface area (Å²) in [5.74, 6) is 0. The van der Waals surface area contributed by atoms with E-state index in [0.717, 1.165) is 11.1 Å². The van der Waals surface area contributed by atoms with Crippen LogP contribution < -0.4 is 0 Å². The van der Waals surface area contributed by atoms with Gasteiger partial charge in [-0.3, -0.25) is 10.1 Å². The molecular formula is C10H9NO3. The van der Waals surface area contributed by atoms with Crippen LogP contribution in [-0.2, 0) is 4.74 Å². The minimum absolute atomic E-state index is 0.106. The molecule has 4 nitrogen and oxygen atoms in total. The lowest BCUT2D eigenvalue weighted by Crippen LogP contribution is -2.17. The molecule has 0 N–H and O–H groups in total. The molecule has 72 valence electrons. The molecule has 1 atom stereocenters. The lowest BCUT2D eigenvalue weighted by atomic mass is 9.96. The molecule has 0 saturated carbocycles. The molecule has 2 aliphatic rings. The van der Waals surface area contributed by atoms with Crippen LogP contribution in [0.1, 0.15) is 6.92 Å². The Bertz CT molecular complexity index is 402. The first-order valence-electron chi connectivity index (χ1n) is 4.25. The summed E-state index contributed by atoms with van der Waals surface area (Å²) in [4.78, 5) is 10.1. The average Bonchev–Trinajstić information content (AvgIpc) is 2.18. The van der Waals surface area contributed by atoms with E-state index in [9.17, 15) is 10.1 Å². The van der Waals surface area contributed by atoms with E-state index in [1.54, 1.807) is 24.5 Å². The van der Waals surface area contributed by atoms with Gasteiger partial charge in [-0.05, 0) is 24.6 Å². The third kappa shape index (κ3) is 1.35. The van der Waals surface area contributed by atoms with Gasteiger partial charge < -0.3 is 4.74 Å². The number of hydrogen-bond acceptors (Lipinski definition) is 3. The molecule has 0 bridgehead atoms. The van der Waals surface area contributed by atoms with Gasteiger partial charge in [0.25, 0.3) is 5.70 Å². The van der Waals surface area contributed by atoms with Crippen LogP contribution in [0, 0.1) is 10.1 Å². The van der Waals surface area contributed by atoms with Crippen LogP contribution in [0.5, 0.6) is 0 Å². The van der Waals surface area contributed by atoms with Crippen LogP contribution in [0.25, 0.3) is 0 Å². The third-order valence-corrected chi connectivity index (χ3v) is 2.26. The van der Waals surface area contributed by atoms with Crippen LogP contribution in [0.2, 0.25) is 0 Å². The molecule has 0 saturated heterocycles. The molecule has 0 aromatic heterocycles. The van der Waals surface area contributed by atoms with Crippen LogP contribution in [0.4, 0.5) is 0 Å². The van der Waals surface area contributed by atoms with Gasteiger partial charge in [-0.2, -0.15) is 0 Å². The predicted octanol–water partition coefficient (Wildman–Crippen LogP) is 1.95. The fourth-order valence-electron chi connectivity index (χ4n) is 1.47. The predicted molar refractivity (Wildman–Crippen MR) is 50.9 cm³/mol. The molecule has 0 amide bonds. The Morgan fingerprint density at radius 2 is 2.29 bits per heavy atom. The second kappa shape index (κ2) is 3.14. The zero-order valence-corrected chi connectivity index (χ0v) is 7.64. The molecule has 0 radical (unpaired) electrons. The highest BCUT2D eigenvalue weighted by Crippen LogP contribution is 2.26. The number of hydrogen-bond donors (Lipinski definition) is 0. The molecule has 0 aromatic carbocycles. The Labute approximate surface area is 81.0 Å². The number of nitrogens with zero attached hydrogens (tertiary/aromatic N) is 1. The fraction of sp³-hybridized carbons (Fsp3) is 0.200. The van der Waals surface area contributed by atoms with Crippen molar-refractivity contribution in [2.45, 2.75) is 13.0 Å². The van der Waals surface area contributed by atoms with Crippen molar-refractivity contribution in [2.24, 2.45) is 0 Å². The van der Waals surface area contributed by atoms with Crippen molar-refractivity contribution < 1.29 is 9.66 Å². The quantitative estimate of drug-likeness (QED) is 0.470. The highest BCUT2D eigenvalue weighted by Gasteiger charge is 2.23. The summed E-state index contributed by atoms with van der Waals surface area (Å²) >= 11 is 0. The van der Waals surface area contributed by atoms with E-state index in [2.05, 4.69) is 0 Å². The lowest BCUT2D eigenvalue weighted by Gasteiger charge is -2.21. The van der Waals surface area contributed by atoms with Gasteiger partial charge in [0.1, 0.15) is 6.10 Å². The van der Waals surface area contributed by atoms with Gasteiger partial charge in [-0.1, -0.05) is 0 Å². The summed E-state index contributed by atoms with van der Waals surface area (Å²) in [6.07, 6.45) is 7.98. The van der Waals surface area contributed by atoms with E-state index < -0.39 is 4.92 Å². The van der Waals surface area contributed by atoms with Gasteiger partial charge in [0.05, 0.1) is 11.2 Å². The topological polar surface area (TPSA) is 52.4 Å².